The van der Waals surface area contributed by atoms with Crippen molar-refractivity contribution < 1.29 is 4.79 Å². The van der Waals surface area contributed by atoms with Gasteiger partial charge in [0.15, 0.2) is 0 Å². The zero-order chi connectivity index (χ0) is 16.8. The van der Waals surface area contributed by atoms with Crippen LogP contribution >= 0.6 is 0 Å². The summed E-state index contributed by atoms with van der Waals surface area (Å²) in [5, 5.41) is 13.6. The third-order valence-electron chi connectivity index (χ3n) is 3.45. The Morgan fingerprint density at radius 1 is 1.17 bits per heavy atom. The fourth-order valence-corrected chi connectivity index (χ4v) is 2.12. The molecule has 0 bridgehead atoms. The maximum absolute atomic E-state index is 12.2. The minimum atomic E-state index is -0.180. The van der Waals surface area contributed by atoms with Crippen LogP contribution in [0.25, 0.3) is 0 Å². The van der Waals surface area contributed by atoms with Crippen molar-refractivity contribution in [2.24, 2.45) is 0 Å². The number of nitrogens with one attached hydrogen (secondary N) is 2. The fraction of sp³-hybridized carbons (Fsp3) is 0.176. The van der Waals surface area contributed by atoms with Gasteiger partial charge in [-0.05, 0) is 31.2 Å². The minimum absolute atomic E-state index is 0.180. The Kier molecular flexibility index (Phi) is 4.81. The van der Waals surface area contributed by atoms with Crippen molar-refractivity contribution in [1.29, 1.82) is 0 Å². The molecule has 0 spiro atoms. The van der Waals surface area contributed by atoms with Crippen molar-refractivity contribution in [1.82, 2.24) is 20.0 Å². The molecule has 0 radical (unpaired) electrons. The second-order valence-corrected chi connectivity index (χ2v) is 5.35. The van der Waals surface area contributed by atoms with Gasteiger partial charge in [0, 0.05) is 24.6 Å². The van der Waals surface area contributed by atoms with Gasteiger partial charge in [0.05, 0.1) is 18.3 Å². The Morgan fingerprint density at radius 2 is 2.00 bits per heavy atom. The second-order valence-electron chi connectivity index (χ2n) is 5.35. The highest BCUT2D eigenvalue weighted by molar-refractivity contribution is 6.04. The first-order chi connectivity index (χ1) is 11.7. The summed E-state index contributed by atoms with van der Waals surface area (Å²) in [5.74, 6) is 0.530. The molecule has 7 heteroatoms. The molecule has 7 nitrogen and oxygen atoms in total. The van der Waals surface area contributed by atoms with Crippen LogP contribution in [0.2, 0.25) is 0 Å². The van der Waals surface area contributed by atoms with Gasteiger partial charge in [-0.2, -0.15) is 0 Å². The monoisotopic (exact) mass is 322 g/mol. The molecule has 0 unspecified atom stereocenters. The predicted molar refractivity (Wildman–Crippen MR) is 91.9 cm³/mol. The molecule has 0 fully saturated rings. The highest BCUT2D eigenvalue weighted by Gasteiger charge is 2.06. The number of nitrogens with zero attached hydrogens (tertiary/aromatic N) is 4. The van der Waals surface area contributed by atoms with E-state index in [1.807, 2.05) is 31.2 Å². The Morgan fingerprint density at radius 3 is 2.67 bits per heavy atom. The summed E-state index contributed by atoms with van der Waals surface area (Å²) in [6, 6.07) is 11.2. The van der Waals surface area contributed by atoms with Gasteiger partial charge in [-0.25, -0.2) is 4.98 Å². The molecule has 2 heterocycles. The van der Waals surface area contributed by atoms with Gasteiger partial charge in [-0.15, -0.1) is 5.10 Å². The van der Waals surface area contributed by atoms with Crippen molar-refractivity contribution in [3.05, 3.63) is 66.1 Å². The number of hydrogen-bond donors (Lipinski definition) is 2. The average molecular weight is 322 g/mol. The first-order valence-corrected chi connectivity index (χ1v) is 7.63. The summed E-state index contributed by atoms with van der Waals surface area (Å²) in [7, 11) is 0. The molecule has 0 aliphatic carbocycles. The normalized spacial score (nSPS) is 10.4. The van der Waals surface area contributed by atoms with E-state index in [1.54, 1.807) is 35.4 Å². The van der Waals surface area contributed by atoms with Gasteiger partial charge >= 0.3 is 0 Å². The number of carbonyl (C=O) groups excluding carboxylic acids is 1. The van der Waals surface area contributed by atoms with Gasteiger partial charge in [0.25, 0.3) is 5.91 Å². The third kappa shape index (κ3) is 4.16. The van der Waals surface area contributed by atoms with Crippen molar-refractivity contribution in [2.45, 2.75) is 13.5 Å². The zero-order valence-corrected chi connectivity index (χ0v) is 13.3. The lowest BCUT2D eigenvalue weighted by Gasteiger charge is -2.08. The van der Waals surface area contributed by atoms with E-state index in [-0.39, 0.29) is 5.91 Å². The number of rotatable bonds is 6. The molecule has 3 aromatic rings. The van der Waals surface area contributed by atoms with E-state index in [1.165, 1.54) is 0 Å². The molecule has 0 aliphatic heterocycles. The average Bonchev–Trinajstić information content (AvgIpc) is 3.11. The topological polar surface area (TPSA) is 84.7 Å². The van der Waals surface area contributed by atoms with Crippen molar-refractivity contribution in [3.8, 4) is 0 Å². The van der Waals surface area contributed by atoms with Crippen LogP contribution in [0.3, 0.4) is 0 Å². The largest absolute Gasteiger partial charge is 0.368 e. The third-order valence-corrected chi connectivity index (χ3v) is 3.45. The van der Waals surface area contributed by atoms with Crippen LogP contribution in [0, 0.1) is 6.92 Å². The van der Waals surface area contributed by atoms with E-state index in [2.05, 4.69) is 25.9 Å². The van der Waals surface area contributed by atoms with Crippen molar-refractivity contribution >= 4 is 17.4 Å². The van der Waals surface area contributed by atoms with Gasteiger partial charge in [-0.1, -0.05) is 22.9 Å². The Balaban J connectivity index is 1.53. The van der Waals surface area contributed by atoms with E-state index in [4.69, 9.17) is 0 Å². The van der Waals surface area contributed by atoms with E-state index in [0.717, 1.165) is 11.3 Å². The van der Waals surface area contributed by atoms with Crippen molar-refractivity contribution in [3.63, 3.8) is 0 Å². The molecule has 2 aromatic heterocycles. The number of amides is 1. The Hall–Kier alpha value is -3.22. The molecular formula is C17H18N6O. The van der Waals surface area contributed by atoms with Crippen molar-refractivity contribution in [2.75, 3.05) is 17.2 Å². The molecule has 0 aliphatic rings. The van der Waals surface area contributed by atoms with E-state index in [9.17, 15) is 4.79 Å². The second kappa shape index (κ2) is 7.36. The molecule has 1 aromatic carbocycles. The molecule has 122 valence electrons. The zero-order valence-electron chi connectivity index (χ0n) is 13.3. The van der Waals surface area contributed by atoms with Crippen LogP contribution in [0.15, 0.2) is 55.0 Å². The van der Waals surface area contributed by atoms with E-state index < -0.39 is 0 Å². The van der Waals surface area contributed by atoms with Crippen LogP contribution in [0.5, 0.6) is 0 Å². The molecule has 2 N–H and O–H groups in total. The van der Waals surface area contributed by atoms with Gasteiger partial charge in [-0.3, -0.25) is 9.48 Å². The lowest BCUT2D eigenvalue weighted by molar-refractivity contribution is 0.102. The molecule has 3 rings (SSSR count). The summed E-state index contributed by atoms with van der Waals surface area (Å²) in [5.41, 5.74) is 2.43. The van der Waals surface area contributed by atoms with Crippen LogP contribution in [0.1, 0.15) is 15.9 Å². The summed E-state index contributed by atoms with van der Waals surface area (Å²) in [6.45, 7) is 3.37. The highest BCUT2D eigenvalue weighted by atomic mass is 16.1. The minimum Gasteiger partial charge on any atom is -0.368 e. The first-order valence-electron chi connectivity index (χ1n) is 7.63. The molecule has 1 amide bonds. The number of hydrogen-bond acceptors (Lipinski definition) is 5. The fourth-order valence-electron chi connectivity index (χ4n) is 2.12. The summed E-state index contributed by atoms with van der Waals surface area (Å²) < 4.78 is 1.73. The quantitative estimate of drug-likeness (QED) is 0.727. The van der Waals surface area contributed by atoms with Crippen LogP contribution in [0.4, 0.5) is 11.5 Å². The SMILES string of the molecule is Cc1ccc(NC(=O)c2ccc(NCCn3ccnn3)nc2)cc1. The lowest BCUT2D eigenvalue weighted by atomic mass is 10.2. The van der Waals surface area contributed by atoms with Gasteiger partial charge in [0.1, 0.15) is 5.82 Å². The Bertz CT molecular complexity index is 781. The number of carbonyl (C=O) groups is 1. The van der Waals surface area contributed by atoms with Crippen LogP contribution < -0.4 is 10.6 Å². The summed E-state index contributed by atoms with van der Waals surface area (Å²) >= 11 is 0. The molecular weight excluding hydrogens is 304 g/mol. The maximum atomic E-state index is 12.2. The first kappa shape index (κ1) is 15.7. The number of anilines is 2. The van der Waals surface area contributed by atoms with Gasteiger partial charge in [0.2, 0.25) is 0 Å². The van der Waals surface area contributed by atoms with Gasteiger partial charge < -0.3 is 10.6 Å². The number of aromatic nitrogens is 4. The smallest absolute Gasteiger partial charge is 0.257 e. The molecule has 0 saturated heterocycles. The summed E-state index contributed by atoms with van der Waals surface area (Å²) in [4.78, 5) is 16.4. The standard InChI is InChI=1S/C17H18N6O/c1-13-2-5-15(6-3-13)21-17(24)14-4-7-16(19-12-14)18-8-10-23-11-9-20-22-23/h2-7,9,11-12H,8,10H2,1H3,(H,18,19)(H,21,24). The highest BCUT2D eigenvalue weighted by Crippen LogP contribution is 2.11. The van der Waals surface area contributed by atoms with Crippen LogP contribution in [-0.4, -0.2) is 32.4 Å². The molecule has 24 heavy (non-hydrogen) atoms. The van der Waals surface area contributed by atoms with E-state index in [0.29, 0.717) is 24.5 Å². The predicted octanol–water partition coefficient (Wildman–Crippen LogP) is 2.35. The Labute approximate surface area is 139 Å². The maximum Gasteiger partial charge on any atom is 0.257 e. The molecule has 0 saturated carbocycles. The van der Waals surface area contributed by atoms with E-state index >= 15 is 0 Å². The number of aryl methyl sites for hydroxylation is 1. The lowest BCUT2D eigenvalue weighted by Crippen LogP contribution is -2.14. The summed E-state index contributed by atoms with van der Waals surface area (Å²) in [6.07, 6.45) is 4.99. The molecule has 0 atom stereocenters. The number of pyridine rings is 1. The van der Waals surface area contributed by atoms with Crippen LogP contribution in [-0.2, 0) is 6.54 Å². The number of benzene rings is 1.